The summed E-state index contributed by atoms with van der Waals surface area (Å²) in [6.07, 6.45) is 2.57. The van der Waals surface area contributed by atoms with Gasteiger partial charge in [-0.1, -0.05) is 30.3 Å². The van der Waals surface area contributed by atoms with Gasteiger partial charge in [0.2, 0.25) is 0 Å². The molecule has 26 heavy (non-hydrogen) atoms. The molecule has 0 aromatic heterocycles. The Morgan fingerprint density at radius 3 is 2.35 bits per heavy atom. The number of aryl methyl sites for hydroxylation is 1. The van der Waals surface area contributed by atoms with E-state index in [0.29, 0.717) is 11.5 Å². The number of carbonyl (C=O) groups is 2. The fraction of sp³-hybridized carbons (Fsp3) is 0.364. The van der Waals surface area contributed by atoms with Gasteiger partial charge in [0.05, 0.1) is 5.56 Å². The van der Waals surface area contributed by atoms with E-state index < -0.39 is 5.97 Å². The summed E-state index contributed by atoms with van der Waals surface area (Å²) in [6.45, 7) is 5.48. The van der Waals surface area contributed by atoms with Crippen LogP contribution in [0.1, 0.15) is 50.2 Å². The molecule has 1 heterocycles. The summed E-state index contributed by atoms with van der Waals surface area (Å²) < 4.78 is 0. The molecule has 1 N–H and O–H groups in total. The van der Waals surface area contributed by atoms with E-state index in [1.54, 1.807) is 12.1 Å². The van der Waals surface area contributed by atoms with Crippen LogP contribution in [0.25, 0.3) is 0 Å². The summed E-state index contributed by atoms with van der Waals surface area (Å²) in [5, 5.41) is 9.33. The highest BCUT2D eigenvalue weighted by Gasteiger charge is 2.25. The van der Waals surface area contributed by atoms with Crippen molar-refractivity contribution in [2.45, 2.75) is 33.1 Å². The first-order valence-electron chi connectivity index (χ1n) is 9.14. The maximum absolute atomic E-state index is 12.8. The lowest BCUT2D eigenvalue weighted by Gasteiger charge is -2.32. The SMILES string of the molecule is Cc1cccc(C(=O)N2CCC(Cc3ccccc3C(=O)O)CC2)c1C. The first-order valence-corrected chi connectivity index (χ1v) is 9.14. The lowest BCUT2D eigenvalue weighted by molar-refractivity contribution is 0.0689. The zero-order valence-corrected chi connectivity index (χ0v) is 15.4. The predicted molar refractivity (Wildman–Crippen MR) is 102 cm³/mol. The molecule has 1 saturated heterocycles. The van der Waals surface area contributed by atoms with Gasteiger partial charge in [0.25, 0.3) is 5.91 Å². The first kappa shape index (κ1) is 18.2. The van der Waals surface area contributed by atoms with Gasteiger partial charge in [-0.3, -0.25) is 4.79 Å². The number of nitrogens with zero attached hydrogens (tertiary/aromatic N) is 1. The first-order chi connectivity index (χ1) is 12.5. The normalized spacial score (nSPS) is 15.1. The minimum absolute atomic E-state index is 0.107. The van der Waals surface area contributed by atoms with E-state index in [1.807, 2.05) is 49.1 Å². The summed E-state index contributed by atoms with van der Waals surface area (Å²) in [5.74, 6) is -0.350. The number of piperidine rings is 1. The number of rotatable bonds is 4. The van der Waals surface area contributed by atoms with Crippen molar-refractivity contribution in [1.29, 1.82) is 0 Å². The van der Waals surface area contributed by atoms with Gasteiger partial charge >= 0.3 is 5.97 Å². The summed E-state index contributed by atoms with van der Waals surface area (Å²) in [6, 6.07) is 13.1. The summed E-state index contributed by atoms with van der Waals surface area (Å²) in [7, 11) is 0. The molecule has 2 aromatic rings. The van der Waals surface area contributed by atoms with Crippen LogP contribution >= 0.6 is 0 Å². The average molecular weight is 351 g/mol. The number of aromatic carboxylic acids is 1. The molecule has 136 valence electrons. The topological polar surface area (TPSA) is 57.6 Å². The van der Waals surface area contributed by atoms with Crippen LogP contribution in [0.15, 0.2) is 42.5 Å². The number of likely N-dealkylation sites (tertiary alicyclic amines) is 1. The van der Waals surface area contributed by atoms with E-state index in [-0.39, 0.29) is 5.91 Å². The van der Waals surface area contributed by atoms with Crippen LogP contribution < -0.4 is 0 Å². The van der Waals surface area contributed by atoms with Crippen molar-refractivity contribution in [2.75, 3.05) is 13.1 Å². The zero-order valence-electron chi connectivity index (χ0n) is 15.4. The lowest BCUT2D eigenvalue weighted by Crippen LogP contribution is -2.39. The molecule has 4 nitrogen and oxygen atoms in total. The van der Waals surface area contributed by atoms with Crippen molar-refractivity contribution >= 4 is 11.9 Å². The molecule has 0 aliphatic carbocycles. The molecule has 1 amide bonds. The third kappa shape index (κ3) is 3.79. The molecule has 2 aromatic carbocycles. The quantitative estimate of drug-likeness (QED) is 0.902. The highest BCUT2D eigenvalue weighted by atomic mass is 16.4. The number of carbonyl (C=O) groups excluding carboxylic acids is 1. The van der Waals surface area contributed by atoms with Crippen LogP contribution in [-0.4, -0.2) is 35.0 Å². The maximum atomic E-state index is 12.8. The molecule has 1 aliphatic rings. The molecule has 0 spiro atoms. The molecule has 4 heteroatoms. The number of amides is 1. The largest absolute Gasteiger partial charge is 0.478 e. The van der Waals surface area contributed by atoms with Crippen molar-refractivity contribution in [3.63, 3.8) is 0 Å². The van der Waals surface area contributed by atoms with Crippen LogP contribution in [-0.2, 0) is 6.42 Å². The highest BCUT2D eigenvalue weighted by molar-refractivity contribution is 5.96. The maximum Gasteiger partial charge on any atom is 0.335 e. The van der Waals surface area contributed by atoms with Gasteiger partial charge in [0.1, 0.15) is 0 Å². The van der Waals surface area contributed by atoms with Gasteiger partial charge in [-0.25, -0.2) is 4.79 Å². The Balaban J connectivity index is 1.64. The van der Waals surface area contributed by atoms with Gasteiger partial charge in [-0.15, -0.1) is 0 Å². The molecule has 1 fully saturated rings. The van der Waals surface area contributed by atoms with Crippen molar-refractivity contribution < 1.29 is 14.7 Å². The van der Waals surface area contributed by atoms with Crippen molar-refractivity contribution in [3.05, 3.63) is 70.3 Å². The molecular formula is C22H25NO3. The van der Waals surface area contributed by atoms with Crippen LogP contribution in [0, 0.1) is 19.8 Å². The van der Waals surface area contributed by atoms with Gasteiger partial charge in [0, 0.05) is 18.7 Å². The van der Waals surface area contributed by atoms with Crippen LogP contribution in [0.4, 0.5) is 0 Å². The van der Waals surface area contributed by atoms with E-state index in [9.17, 15) is 14.7 Å². The van der Waals surface area contributed by atoms with E-state index in [0.717, 1.165) is 54.6 Å². The van der Waals surface area contributed by atoms with Crippen LogP contribution in [0.3, 0.4) is 0 Å². The minimum Gasteiger partial charge on any atom is -0.478 e. The third-order valence-corrected chi connectivity index (χ3v) is 5.49. The van der Waals surface area contributed by atoms with E-state index in [4.69, 9.17) is 0 Å². The zero-order chi connectivity index (χ0) is 18.7. The Hall–Kier alpha value is -2.62. The molecule has 0 bridgehead atoms. The number of carboxylic acid groups (broad SMARTS) is 1. The molecule has 3 rings (SSSR count). The Morgan fingerprint density at radius 1 is 1.00 bits per heavy atom. The number of hydrogen-bond acceptors (Lipinski definition) is 2. The van der Waals surface area contributed by atoms with Gasteiger partial charge < -0.3 is 10.0 Å². The summed E-state index contributed by atoms with van der Waals surface area (Å²) in [4.78, 5) is 26.1. The molecule has 0 atom stereocenters. The van der Waals surface area contributed by atoms with E-state index in [1.165, 1.54) is 0 Å². The minimum atomic E-state index is -0.872. The summed E-state index contributed by atoms with van der Waals surface area (Å²) >= 11 is 0. The van der Waals surface area contributed by atoms with Crippen LogP contribution in [0.2, 0.25) is 0 Å². The number of benzene rings is 2. The molecular weight excluding hydrogens is 326 g/mol. The summed E-state index contributed by atoms with van der Waals surface area (Å²) in [5.41, 5.74) is 4.26. The Kier molecular flexibility index (Phi) is 5.40. The van der Waals surface area contributed by atoms with Crippen LogP contribution in [0.5, 0.6) is 0 Å². The van der Waals surface area contributed by atoms with Gasteiger partial charge in [-0.2, -0.15) is 0 Å². The fourth-order valence-electron chi connectivity index (χ4n) is 3.71. The van der Waals surface area contributed by atoms with Gasteiger partial charge in [0.15, 0.2) is 0 Å². The van der Waals surface area contributed by atoms with Crippen molar-refractivity contribution in [3.8, 4) is 0 Å². The second-order valence-electron chi connectivity index (χ2n) is 7.15. The third-order valence-electron chi connectivity index (χ3n) is 5.49. The number of carboxylic acids is 1. The Morgan fingerprint density at radius 2 is 1.65 bits per heavy atom. The number of hydrogen-bond donors (Lipinski definition) is 1. The molecule has 0 saturated carbocycles. The van der Waals surface area contributed by atoms with Crippen molar-refractivity contribution in [1.82, 2.24) is 4.90 Å². The standard InChI is InChI=1S/C22H25NO3/c1-15-6-5-9-19(16(15)2)21(24)23-12-10-17(11-13-23)14-18-7-3-4-8-20(18)22(25)26/h3-9,17H,10-14H2,1-2H3,(H,25,26). The average Bonchev–Trinajstić information content (AvgIpc) is 2.64. The van der Waals surface area contributed by atoms with E-state index in [2.05, 4.69) is 0 Å². The fourth-order valence-corrected chi connectivity index (χ4v) is 3.71. The molecule has 0 radical (unpaired) electrons. The van der Waals surface area contributed by atoms with E-state index >= 15 is 0 Å². The highest BCUT2D eigenvalue weighted by Crippen LogP contribution is 2.25. The van der Waals surface area contributed by atoms with Gasteiger partial charge in [-0.05, 0) is 67.9 Å². The van der Waals surface area contributed by atoms with Crippen molar-refractivity contribution in [2.24, 2.45) is 5.92 Å². The molecule has 1 aliphatic heterocycles. The Labute approximate surface area is 154 Å². The smallest absolute Gasteiger partial charge is 0.335 e. The Bertz CT molecular complexity index is 820. The second kappa shape index (κ2) is 7.73. The predicted octanol–water partition coefficient (Wildman–Crippen LogP) is 4.10. The molecule has 0 unspecified atom stereocenters. The monoisotopic (exact) mass is 351 g/mol. The second-order valence-corrected chi connectivity index (χ2v) is 7.15. The lowest BCUT2D eigenvalue weighted by atomic mass is 9.88.